The van der Waals surface area contributed by atoms with Gasteiger partial charge in [-0.1, -0.05) is 50.1 Å². The van der Waals surface area contributed by atoms with Crippen LogP contribution < -0.4 is 0 Å². The number of pyridine rings is 1. The van der Waals surface area contributed by atoms with Gasteiger partial charge in [-0.25, -0.2) is 0 Å². The van der Waals surface area contributed by atoms with Gasteiger partial charge in [0.1, 0.15) is 0 Å². The molecule has 0 unspecified atom stereocenters. The third-order valence-electron chi connectivity index (χ3n) is 1.59. The Morgan fingerprint density at radius 2 is 1.85 bits per heavy atom. The molecule has 1 aromatic heterocycles. The van der Waals surface area contributed by atoms with Crippen LogP contribution in [0.1, 0.15) is 11.6 Å². The summed E-state index contributed by atoms with van der Waals surface area (Å²) in [5.74, 6) is 0.222. The molecule has 0 aromatic carbocycles. The lowest BCUT2D eigenvalue weighted by molar-refractivity contribution is 0.997. The highest BCUT2D eigenvalue weighted by molar-refractivity contribution is 9.11. The molecule has 1 aromatic rings. The average Bonchev–Trinajstić information content (AvgIpc) is 2.19. The summed E-state index contributed by atoms with van der Waals surface area (Å²) in [6, 6.07) is 5.90. The molecule has 0 saturated heterocycles. The molecule has 3 heteroatoms. The Morgan fingerprint density at radius 3 is 2.31 bits per heavy atom. The first-order valence-electron chi connectivity index (χ1n) is 3.83. The van der Waals surface area contributed by atoms with E-state index >= 15 is 0 Å². The van der Waals surface area contributed by atoms with Crippen LogP contribution in [0.4, 0.5) is 0 Å². The van der Waals surface area contributed by atoms with E-state index in [2.05, 4.69) is 36.8 Å². The SMILES string of the molecule is Br/C=C\C(/C=C\Br)c1ccccn1. The molecule has 0 aliphatic rings. The van der Waals surface area contributed by atoms with Gasteiger partial charge in [0, 0.05) is 12.1 Å². The second-order valence-corrected chi connectivity index (χ2v) is 3.47. The van der Waals surface area contributed by atoms with Crippen molar-refractivity contribution in [2.75, 3.05) is 0 Å². The molecular weight excluding hydrogens is 294 g/mol. The Kier molecular flexibility index (Phi) is 5.01. The second kappa shape index (κ2) is 6.11. The molecule has 0 N–H and O–H groups in total. The molecule has 0 aliphatic carbocycles. The van der Waals surface area contributed by atoms with Crippen LogP contribution in [0.3, 0.4) is 0 Å². The van der Waals surface area contributed by atoms with Gasteiger partial charge in [-0.05, 0) is 22.1 Å². The van der Waals surface area contributed by atoms with E-state index in [1.807, 2.05) is 40.3 Å². The van der Waals surface area contributed by atoms with Crippen LogP contribution in [0, 0.1) is 0 Å². The molecule has 0 spiro atoms. The molecule has 0 bridgehead atoms. The zero-order chi connectivity index (χ0) is 9.52. The second-order valence-electron chi connectivity index (χ2n) is 2.42. The zero-order valence-electron chi connectivity index (χ0n) is 6.90. The first-order chi connectivity index (χ1) is 6.38. The van der Waals surface area contributed by atoms with Crippen LogP contribution >= 0.6 is 31.9 Å². The molecule has 0 aliphatic heterocycles. The fourth-order valence-electron chi connectivity index (χ4n) is 0.991. The number of halogens is 2. The number of hydrogen-bond donors (Lipinski definition) is 0. The van der Waals surface area contributed by atoms with Crippen molar-refractivity contribution in [1.82, 2.24) is 4.98 Å². The molecular formula is C10H9Br2N. The van der Waals surface area contributed by atoms with Crippen LogP contribution in [-0.2, 0) is 0 Å². The Hall–Kier alpha value is -0.410. The van der Waals surface area contributed by atoms with Gasteiger partial charge >= 0.3 is 0 Å². The maximum absolute atomic E-state index is 4.27. The molecule has 13 heavy (non-hydrogen) atoms. The van der Waals surface area contributed by atoms with Crippen molar-refractivity contribution in [3.8, 4) is 0 Å². The Morgan fingerprint density at radius 1 is 1.15 bits per heavy atom. The minimum Gasteiger partial charge on any atom is -0.260 e. The molecule has 68 valence electrons. The monoisotopic (exact) mass is 301 g/mol. The van der Waals surface area contributed by atoms with E-state index in [1.165, 1.54) is 0 Å². The minimum atomic E-state index is 0.222. The van der Waals surface area contributed by atoms with Crippen molar-refractivity contribution in [2.45, 2.75) is 5.92 Å². The lowest BCUT2D eigenvalue weighted by atomic mass is 10.1. The van der Waals surface area contributed by atoms with Crippen molar-refractivity contribution in [1.29, 1.82) is 0 Å². The van der Waals surface area contributed by atoms with Gasteiger partial charge < -0.3 is 0 Å². The quantitative estimate of drug-likeness (QED) is 0.823. The zero-order valence-corrected chi connectivity index (χ0v) is 10.1. The van der Waals surface area contributed by atoms with Crippen molar-refractivity contribution >= 4 is 31.9 Å². The highest BCUT2D eigenvalue weighted by Crippen LogP contribution is 2.17. The van der Waals surface area contributed by atoms with Gasteiger partial charge in [-0.15, -0.1) is 0 Å². The molecule has 0 saturated carbocycles. The molecule has 0 radical (unpaired) electrons. The van der Waals surface area contributed by atoms with Gasteiger partial charge in [0.15, 0.2) is 0 Å². The van der Waals surface area contributed by atoms with E-state index in [0.717, 1.165) is 5.69 Å². The van der Waals surface area contributed by atoms with Crippen molar-refractivity contribution in [2.24, 2.45) is 0 Å². The van der Waals surface area contributed by atoms with Crippen LogP contribution in [0.5, 0.6) is 0 Å². The minimum absolute atomic E-state index is 0.222. The number of nitrogens with zero attached hydrogens (tertiary/aromatic N) is 1. The Balaban J connectivity index is 2.88. The van der Waals surface area contributed by atoms with Crippen LogP contribution in [-0.4, -0.2) is 4.98 Å². The van der Waals surface area contributed by atoms with E-state index in [0.29, 0.717) is 0 Å². The van der Waals surface area contributed by atoms with Gasteiger partial charge in [-0.2, -0.15) is 0 Å². The third-order valence-corrected chi connectivity index (χ3v) is 2.20. The third kappa shape index (κ3) is 3.44. The summed E-state index contributed by atoms with van der Waals surface area (Å²) in [5, 5.41) is 0. The summed E-state index contributed by atoms with van der Waals surface area (Å²) in [5.41, 5.74) is 1.04. The topological polar surface area (TPSA) is 12.9 Å². The first-order valence-corrected chi connectivity index (χ1v) is 5.66. The van der Waals surface area contributed by atoms with E-state index in [9.17, 15) is 0 Å². The fourth-order valence-corrected chi connectivity index (χ4v) is 1.65. The summed E-state index contributed by atoms with van der Waals surface area (Å²) in [6.07, 6.45) is 5.85. The van der Waals surface area contributed by atoms with E-state index < -0.39 is 0 Å². The lowest BCUT2D eigenvalue weighted by Gasteiger charge is -2.04. The standard InChI is InChI=1S/C10H9Br2N/c11-6-4-9(5-7-12)10-3-1-2-8-13-10/h1-9H/b6-4-,7-5-. The highest BCUT2D eigenvalue weighted by atomic mass is 79.9. The Bertz CT molecular complexity index is 281. The highest BCUT2D eigenvalue weighted by Gasteiger charge is 2.03. The smallest absolute Gasteiger partial charge is 0.0510 e. The number of aromatic nitrogens is 1. The summed E-state index contributed by atoms with van der Waals surface area (Å²) < 4.78 is 0. The van der Waals surface area contributed by atoms with Gasteiger partial charge in [0.05, 0.1) is 5.69 Å². The molecule has 1 rings (SSSR count). The number of hydrogen-bond acceptors (Lipinski definition) is 1. The van der Waals surface area contributed by atoms with Crippen molar-refractivity contribution in [3.63, 3.8) is 0 Å². The average molecular weight is 303 g/mol. The van der Waals surface area contributed by atoms with Crippen molar-refractivity contribution < 1.29 is 0 Å². The van der Waals surface area contributed by atoms with Crippen LogP contribution in [0.2, 0.25) is 0 Å². The largest absolute Gasteiger partial charge is 0.260 e. The lowest BCUT2D eigenvalue weighted by Crippen LogP contribution is -1.93. The van der Waals surface area contributed by atoms with E-state index in [-0.39, 0.29) is 5.92 Å². The van der Waals surface area contributed by atoms with Crippen LogP contribution in [0.15, 0.2) is 46.5 Å². The summed E-state index contributed by atoms with van der Waals surface area (Å²) in [6.45, 7) is 0. The molecule has 0 atom stereocenters. The Labute approximate surface area is 94.8 Å². The van der Waals surface area contributed by atoms with Gasteiger partial charge in [0.25, 0.3) is 0 Å². The van der Waals surface area contributed by atoms with Crippen LogP contribution in [0.25, 0.3) is 0 Å². The normalized spacial score (nSPS) is 11.9. The summed E-state index contributed by atoms with van der Waals surface area (Å²) in [4.78, 5) is 7.97. The van der Waals surface area contributed by atoms with Crippen molar-refractivity contribution in [3.05, 3.63) is 52.2 Å². The van der Waals surface area contributed by atoms with E-state index in [1.54, 1.807) is 6.20 Å². The predicted molar refractivity (Wildman–Crippen MR) is 63.1 cm³/mol. The maximum atomic E-state index is 4.27. The van der Waals surface area contributed by atoms with Gasteiger partial charge in [-0.3, -0.25) is 4.98 Å². The number of allylic oxidation sites excluding steroid dienone is 2. The molecule has 1 heterocycles. The fraction of sp³-hybridized carbons (Fsp3) is 0.100. The molecule has 0 fully saturated rings. The number of rotatable bonds is 3. The molecule has 0 amide bonds. The summed E-state index contributed by atoms with van der Waals surface area (Å²) >= 11 is 6.52. The van der Waals surface area contributed by atoms with E-state index in [4.69, 9.17) is 0 Å². The maximum Gasteiger partial charge on any atom is 0.0510 e. The summed E-state index contributed by atoms with van der Waals surface area (Å²) in [7, 11) is 0. The molecule has 1 nitrogen and oxygen atoms in total. The first kappa shape index (κ1) is 10.7. The predicted octanol–water partition coefficient (Wildman–Crippen LogP) is 3.98. The van der Waals surface area contributed by atoms with Gasteiger partial charge in [0.2, 0.25) is 0 Å².